The summed E-state index contributed by atoms with van der Waals surface area (Å²) in [7, 11) is 0. The standard InChI is InChI=1S/C10H8ClFN2O2/c1-2-16-10(15)8-6(12)5-3-4-13-9(11)7(5)14-8/h3-4,14H,2H2,1H3. The zero-order chi connectivity index (χ0) is 11.7. The number of halogens is 2. The molecule has 2 aromatic heterocycles. The third-order valence-corrected chi connectivity index (χ3v) is 2.38. The van der Waals surface area contributed by atoms with Crippen LogP contribution in [0.15, 0.2) is 12.3 Å². The fraction of sp³-hybridized carbons (Fsp3) is 0.200. The van der Waals surface area contributed by atoms with Gasteiger partial charge in [0.2, 0.25) is 0 Å². The number of H-pyrrole nitrogens is 1. The van der Waals surface area contributed by atoms with Crippen LogP contribution in [-0.4, -0.2) is 22.5 Å². The summed E-state index contributed by atoms with van der Waals surface area (Å²) in [6.07, 6.45) is 1.37. The molecule has 1 N–H and O–H groups in total. The maximum atomic E-state index is 13.8. The first kappa shape index (κ1) is 10.9. The van der Waals surface area contributed by atoms with E-state index in [1.807, 2.05) is 0 Å². The summed E-state index contributed by atoms with van der Waals surface area (Å²) in [5.74, 6) is -1.41. The Labute approximate surface area is 95.4 Å². The Morgan fingerprint density at radius 2 is 2.44 bits per heavy atom. The Morgan fingerprint density at radius 3 is 3.06 bits per heavy atom. The summed E-state index contributed by atoms with van der Waals surface area (Å²) < 4.78 is 18.5. The van der Waals surface area contributed by atoms with Gasteiger partial charge in [-0.3, -0.25) is 0 Å². The van der Waals surface area contributed by atoms with Crippen molar-refractivity contribution >= 4 is 28.5 Å². The van der Waals surface area contributed by atoms with Crippen LogP contribution in [0.2, 0.25) is 5.15 Å². The molecule has 0 aliphatic carbocycles. The maximum Gasteiger partial charge on any atom is 0.357 e. The summed E-state index contributed by atoms with van der Waals surface area (Å²) in [4.78, 5) is 17.7. The van der Waals surface area contributed by atoms with Crippen molar-refractivity contribution in [3.05, 3.63) is 28.9 Å². The van der Waals surface area contributed by atoms with E-state index in [4.69, 9.17) is 16.3 Å². The van der Waals surface area contributed by atoms with Crippen molar-refractivity contribution in [2.45, 2.75) is 6.92 Å². The van der Waals surface area contributed by atoms with E-state index in [1.165, 1.54) is 12.3 Å². The molecule has 0 unspecified atom stereocenters. The maximum absolute atomic E-state index is 13.8. The molecule has 0 radical (unpaired) electrons. The Morgan fingerprint density at radius 1 is 1.69 bits per heavy atom. The molecule has 0 aliphatic heterocycles. The van der Waals surface area contributed by atoms with Crippen LogP contribution in [-0.2, 0) is 4.74 Å². The quantitative estimate of drug-likeness (QED) is 0.650. The second kappa shape index (κ2) is 4.09. The number of nitrogens with zero attached hydrogens (tertiary/aromatic N) is 1. The molecule has 0 amide bonds. The largest absolute Gasteiger partial charge is 0.461 e. The van der Waals surface area contributed by atoms with Crippen molar-refractivity contribution in [1.29, 1.82) is 0 Å². The van der Waals surface area contributed by atoms with Crippen molar-refractivity contribution in [1.82, 2.24) is 9.97 Å². The number of aromatic amines is 1. The summed E-state index contributed by atoms with van der Waals surface area (Å²) in [5, 5.41) is 0.343. The van der Waals surface area contributed by atoms with Crippen LogP contribution >= 0.6 is 11.6 Å². The summed E-state index contributed by atoms with van der Waals surface area (Å²) in [5.41, 5.74) is 0.0662. The molecule has 0 saturated heterocycles. The first-order valence-electron chi connectivity index (χ1n) is 4.64. The fourth-order valence-corrected chi connectivity index (χ4v) is 1.60. The SMILES string of the molecule is CCOC(=O)c1[nH]c2c(Cl)nccc2c1F. The number of carbonyl (C=O) groups excluding carboxylic acids is 1. The van der Waals surface area contributed by atoms with Crippen molar-refractivity contribution in [2.75, 3.05) is 6.61 Å². The van der Waals surface area contributed by atoms with Gasteiger partial charge >= 0.3 is 5.97 Å². The molecule has 0 spiro atoms. The van der Waals surface area contributed by atoms with Gasteiger partial charge in [0.05, 0.1) is 12.1 Å². The molecule has 0 fully saturated rings. The first-order valence-corrected chi connectivity index (χ1v) is 5.01. The lowest BCUT2D eigenvalue weighted by Crippen LogP contribution is -2.06. The van der Waals surface area contributed by atoms with Gasteiger partial charge in [0, 0.05) is 11.6 Å². The van der Waals surface area contributed by atoms with Gasteiger partial charge in [-0.05, 0) is 13.0 Å². The van der Waals surface area contributed by atoms with Gasteiger partial charge in [0.15, 0.2) is 16.7 Å². The zero-order valence-electron chi connectivity index (χ0n) is 8.38. The predicted molar refractivity (Wildman–Crippen MR) is 57.0 cm³/mol. The second-order valence-electron chi connectivity index (χ2n) is 3.06. The van der Waals surface area contributed by atoms with Crippen molar-refractivity contribution in [3.63, 3.8) is 0 Å². The highest BCUT2D eigenvalue weighted by Crippen LogP contribution is 2.25. The van der Waals surface area contributed by atoms with Crippen LogP contribution in [0.4, 0.5) is 4.39 Å². The van der Waals surface area contributed by atoms with Gasteiger partial charge in [-0.25, -0.2) is 14.2 Å². The smallest absolute Gasteiger partial charge is 0.357 e. The van der Waals surface area contributed by atoms with Gasteiger partial charge in [-0.2, -0.15) is 0 Å². The Kier molecular flexibility index (Phi) is 2.78. The molecule has 2 heterocycles. The number of fused-ring (bicyclic) bond motifs is 1. The lowest BCUT2D eigenvalue weighted by molar-refractivity contribution is 0.0515. The van der Waals surface area contributed by atoms with E-state index < -0.39 is 11.8 Å². The van der Waals surface area contributed by atoms with E-state index in [1.54, 1.807) is 6.92 Å². The normalized spacial score (nSPS) is 10.7. The molecule has 84 valence electrons. The van der Waals surface area contributed by atoms with E-state index >= 15 is 0 Å². The number of rotatable bonds is 2. The highest BCUT2D eigenvalue weighted by Gasteiger charge is 2.20. The number of pyridine rings is 1. The van der Waals surface area contributed by atoms with E-state index in [-0.39, 0.29) is 22.8 Å². The minimum absolute atomic E-state index is 0.118. The Bertz CT molecular complexity index is 553. The van der Waals surface area contributed by atoms with Crippen LogP contribution < -0.4 is 0 Å². The Hall–Kier alpha value is -1.62. The number of nitrogens with one attached hydrogen (secondary N) is 1. The van der Waals surface area contributed by atoms with E-state index in [0.29, 0.717) is 5.52 Å². The number of aromatic nitrogens is 2. The number of hydrogen-bond donors (Lipinski definition) is 1. The molecule has 6 heteroatoms. The summed E-state index contributed by atoms with van der Waals surface area (Å²) in [6, 6.07) is 1.44. The monoisotopic (exact) mass is 242 g/mol. The minimum Gasteiger partial charge on any atom is -0.461 e. The summed E-state index contributed by atoms with van der Waals surface area (Å²) in [6.45, 7) is 1.83. The number of hydrogen-bond acceptors (Lipinski definition) is 3. The molecule has 2 aromatic rings. The van der Waals surface area contributed by atoms with Crippen LogP contribution in [0.1, 0.15) is 17.4 Å². The van der Waals surface area contributed by atoms with Crippen LogP contribution in [0.3, 0.4) is 0 Å². The van der Waals surface area contributed by atoms with E-state index in [2.05, 4.69) is 9.97 Å². The highest BCUT2D eigenvalue weighted by atomic mass is 35.5. The second-order valence-corrected chi connectivity index (χ2v) is 3.42. The van der Waals surface area contributed by atoms with Gasteiger partial charge in [0.25, 0.3) is 0 Å². The third kappa shape index (κ3) is 1.63. The van der Waals surface area contributed by atoms with E-state index in [9.17, 15) is 9.18 Å². The molecule has 0 saturated carbocycles. The van der Waals surface area contributed by atoms with Gasteiger partial charge in [0.1, 0.15) is 0 Å². The van der Waals surface area contributed by atoms with Crippen molar-refractivity contribution in [2.24, 2.45) is 0 Å². The van der Waals surface area contributed by atoms with Crippen LogP contribution in [0.25, 0.3) is 10.9 Å². The number of esters is 1. The van der Waals surface area contributed by atoms with Gasteiger partial charge in [-0.15, -0.1) is 0 Å². The molecule has 0 aromatic carbocycles. The van der Waals surface area contributed by atoms with E-state index in [0.717, 1.165) is 0 Å². The molecule has 2 rings (SSSR count). The van der Waals surface area contributed by atoms with Gasteiger partial charge in [-0.1, -0.05) is 11.6 Å². The molecule has 0 bridgehead atoms. The van der Waals surface area contributed by atoms with Crippen molar-refractivity contribution in [3.8, 4) is 0 Å². The topological polar surface area (TPSA) is 55.0 Å². The minimum atomic E-state index is -0.743. The first-order chi connectivity index (χ1) is 7.65. The average molecular weight is 243 g/mol. The molecular formula is C10H8ClFN2O2. The average Bonchev–Trinajstić information content (AvgIpc) is 2.59. The number of ether oxygens (including phenoxy) is 1. The molecule has 4 nitrogen and oxygen atoms in total. The lowest BCUT2D eigenvalue weighted by Gasteiger charge is -1.97. The van der Waals surface area contributed by atoms with Crippen LogP contribution in [0.5, 0.6) is 0 Å². The number of carbonyl (C=O) groups is 1. The lowest BCUT2D eigenvalue weighted by atomic mass is 10.3. The van der Waals surface area contributed by atoms with Gasteiger partial charge < -0.3 is 9.72 Å². The third-order valence-electron chi connectivity index (χ3n) is 2.09. The predicted octanol–water partition coefficient (Wildman–Crippen LogP) is 2.53. The van der Waals surface area contributed by atoms with Crippen LogP contribution in [0, 0.1) is 5.82 Å². The molecule has 16 heavy (non-hydrogen) atoms. The molecule has 0 atom stereocenters. The molecular weight excluding hydrogens is 235 g/mol. The fourth-order valence-electron chi connectivity index (χ4n) is 1.40. The zero-order valence-corrected chi connectivity index (χ0v) is 9.14. The highest BCUT2D eigenvalue weighted by molar-refractivity contribution is 6.33. The Balaban J connectivity index is 2.60. The van der Waals surface area contributed by atoms with Crippen molar-refractivity contribution < 1.29 is 13.9 Å². The molecule has 0 aliphatic rings. The summed E-state index contributed by atoms with van der Waals surface area (Å²) >= 11 is 5.76.